The lowest BCUT2D eigenvalue weighted by Gasteiger charge is -2.36. The number of rotatable bonds is 12. The summed E-state index contributed by atoms with van der Waals surface area (Å²) >= 11 is 0. The lowest BCUT2D eigenvalue weighted by Crippen LogP contribution is -2.49. The highest BCUT2D eigenvalue weighted by molar-refractivity contribution is 7.92. The minimum Gasteiger partial charge on any atom is -0.380 e. The predicted molar refractivity (Wildman–Crippen MR) is 273 cm³/mol. The number of H-pyrrole nitrogens is 2. The Balaban J connectivity index is 0.000000207. The molecule has 0 bridgehead atoms. The van der Waals surface area contributed by atoms with E-state index in [2.05, 4.69) is 77.5 Å². The number of benzene rings is 2. The van der Waals surface area contributed by atoms with Crippen molar-refractivity contribution in [2.45, 2.75) is 39.8 Å². The van der Waals surface area contributed by atoms with Crippen molar-refractivity contribution in [1.29, 1.82) is 0 Å². The van der Waals surface area contributed by atoms with E-state index >= 15 is 0 Å². The second-order valence-electron chi connectivity index (χ2n) is 17.4. The van der Waals surface area contributed by atoms with Gasteiger partial charge in [-0.25, -0.2) is 26.8 Å². The van der Waals surface area contributed by atoms with Crippen LogP contribution in [-0.4, -0.2) is 155 Å². The zero-order valence-electron chi connectivity index (χ0n) is 39.5. The van der Waals surface area contributed by atoms with E-state index in [1.54, 1.807) is 60.9 Å². The van der Waals surface area contributed by atoms with Gasteiger partial charge >= 0.3 is 0 Å². The summed E-state index contributed by atoms with van der Waals surface area (Å²) in [6.45, 7) is 13.5. The van der Waals surface area contributed by atoms with Crippen molar-refractivity contribution >= 4 is 98.2 Å². The van der Waals surface area contributed by atoms with Crippen LogP contribution in [0.2, 0.25) is 0 Å². The van der Waals surface area contributed by atoms with Crippen LogP contribution < -0.4 is 29.9 Å². The Kier molecular flexibility index (Phi) is 16.3. The SMILES string of the molecule is CC(C)Nc1cccnc1N1CCN(C(=O)c2cc3cc(NS(C)(=O)=O)ccc3[nH]2)CC1.CC(C)Nc1cccnc1N1CCN(C(=O)c2cc3cc(NS(C)(=O)=O)ccc3[nH]2)CC1.CS(=O)(=O)O. The van der Waals surface area contributed by atoms with Gasteiger partial charge in [-0.15, -0.1) is 0 Å². The predicted octanol–water partition coefficient (Wildman–Crippen LogP) is 4.94. The number of carbonyl (C=O) groups excluding carboxylic acids is 2. The highest BCUT2D eigenvalue weighted by atomic mass is 32.2. The van der Waals surface area contributed by atoms with Crippen LogP contribution >= 0.6 is 0 Å². The normalized spacial score (nSPS) is 14.5. The maximum atomic E-state index is 13.1. The third-order valence-corrected chi connectivity index (χ3v) is 11.7. The molecule has 21 nitrogen and oxygen atoms in total. The Morgan fingerprint density at radius 2 is 0.913 bits per heavy atom. The van der Waals surface area contributed by atoms with Crippen molar-refractivity contribution < 1.29 is 39.4 Å². The number of nitrogens with zero attached hydrogens (tertiary/aromatic N) is 6. The van der Waals surface area contributed by atoms with Crippen molar-refractivity contribution in [2.24, 2.45) is 0 Å². The molecule has 6 heterocycles. The minimum atomic E-state index is -3.67. The average Bonchev–Trinajstić information content (AvgIpc) is 3.89. The summed E-state index contributed by atoms with van der Waals surface area (Å²) in [5.41, 5.74) is 5.47. The number of amides is 2. The van der Waals surface area contributed by atoms with Crippen LogP contribution in [0.1, 0.15) is 48.7 Å². The first kappa shape index (κ1) is 51.8. The number of anilines is 6. The van der Waals surface area contributed by atoms with E-state index < -0.39 is 30.2 Å². The summed E-state index contributed by atoms with van der Waals surface area (Å²) < 4.78 is 76.7. The molecule has 2 aliphatic heterocycles. The first-order valence-electron chi connectivity index (χ1n) is 22.0. The van der Waals surface area contributed by atoms with Gasteiger partial charge in [0.05, 0.1) is 30.1 Å². The van der Waals surface area contributed by atoms with E-state index in [-0.39, 0.29) is 11.8 Å². The molecule has 0 saturated carbocycles. The van der Waals surface area contributed by atoms with Crippen LogP contribution in [0.15, 0.2) is 85.2 Å². The number of sulfonamides is 2. The van der Waals surface area contributed by atoms with Gasteiger partial charge in [-0.05, 0) is 100 Å². The molecule has 2 fully saturated rings. The molecule has 0 radical (unpaired) electrons. The van der Waals surface area contributed by atoms with Gasteiger partial charge in [0.2, 0.25) is 20.0 Å². The molecule has 2 aromatic carbocycles. The molecule has 2 amide bonds. The number of fused-ring (bicyclic) bond motifs is 2. The molecule has 0 aliphatic carbocycles. The zero-order chi connectivity index (χ0) is 50.3. The summed E-state index contributed by atoms with van der Waals surface area (Å²) in [5.74, 6) is 1.68. The highest BCUT2D eigenvalue weighted by Crippen LogP contribution is 2.28. The average molecular weight is 1010 g/mol. The summed E-state index contributed by atoms with van der Waals surface area (Å²) in [6, 6.07) is 22.3. The van der Waals surface area contributed by atoms with E-state index in [4.69, 9.17) is 4.55 Å². The largest absolute Gasteiger partial charge is 0.380 e. The molecule has 2 saturated heterocycles. The van der Waals surface area contributed by atoms with E-state index in [1.165, 1.54) is 0 Å². The van der Waals surface area contributed by atoms with E-state index in [1.807, 2.05) is 34.1 Å². The van der Waals surface area contributed by atoms with E-state index in [0.29, 0.717) is 93.5 Å². The standard InChI is InChI=1S/2C22H28N6O3S.CH4O3S/c2*1-15(2)24-19-5-4-8-23-21(19)27-9-11-28(12-10-27)22(29)20-14-16-13-17(26-32(3,30)31)6-7-18(16)25-20;1-5(2,3)4/h2*4-8,13-15,24-26H,9-12H2,1-3H3;1H3,(H,2,3,4). The Labute approximate surface area is 402 Å². The molecular formula is C45H60N12O9S3. The molecule has 24 heteroatoms. The van der Waals surface area contributed by atoms with E-state index in [0.717, 1.165) is 57.3 Å². The fourth-order valence-electron chi connectivity index (χ4n) is 7.78. The number of piperazine rings is 2. The number of aromatic nitrogens is 4. The number of nitrogens with one attached hydrogen (secondary N) is 6. The van der Waals surface area contributed by atoms with Gasteiger partial charge < -0.3 is 40.2 Å². The van der Waals surface area contributed by atoms with Crippen LogP contribution in [0, 0.1) is 0 Å². The van der Waals surface area contributed by atoms with Gasteiger partial charge in [-0.3, -0.25) is 23.6 Å². The smallest absolute Gasteiger partial charge is 0.270 e. The molecule has 0 atom stereocenters. The minimum absolute atomic E-state index is 0.0694. The van der Waals surface area contributed by atoms with Crippen molar-refractivity contribution in [3.63, 3.8) is 0 Å². The number of hydrogen-bond donors (Lipinski definition) is 7. The van der Waals surface area contributed by atoms with Gasteiger partial charge in [0.1, 0.15) is 11.4 Å². The molecule has 372 valence electrons. The summed E-state index contributed by atoms with van der Waals surface area (Å²) in [4.78, 5) is 49.6. The Bertz CT molecular complexity index is 2910. The fraction of sp³-hybridized carbons (Fsp3) is 0.378. The van der Waals surface area contributed by atoms with Crippen LogP contribution in [0.5, 0.6) is 0 Å². The third kappa shape index (κ3) is 15.2. The van der Waals surface area contributed by atoms with Crippen LogP contribution in [0.25, 0.3) is 21.8 Å². The zero-order valence-corrected chi connectivity index (χ0v) is 42.0. The molecular weight excluding hydrogens is 949 g/mol. The molecule has 0 spiro atoms. The van der Waals surface area contributed by atoms with Gasteiger partial charge in [-0.1, -0.05) is 0 Å². The van der Waals surface area contributed by atoms with Crippen LogP contribution in [0.3, 0.4) is 0 Å². The maximum absolute atomic E-state index is 13.1. The van der Waals surface area contributed by atoms with Gasteiger partial charge in [0.25, 0.3) is 21.9 Å². The van der Waals surface area contributed by atoms with Gasteiger partial charge in [0.15, 0.2) is 11.6 Å². The second-order valence-corrected chi connectivity index (χ2v) is 22.3. The Hall–Kier alpha value is -6.63. The number of aromatic amines is 2. The maximum Gasteiger partial charge on any atom is 0.270 e. The fourth-order valence-corrected chi connectivity index (χ4v) is 8.89. The molecule has 0 unspecified atom stereocenters. The summed E-state index contributed by atoms with van der Waals surface area (Å²) in [5, 5.41) is 8.42. The second kappa shape index (κ2) is 21.8. The lowest BCUT2D eigenvalue weighted by atomic mass is 10.2. The highest BCUT2D eigenvalue weighted by Gasteiger charge is 2.27. The van der Waals surface area contributed by atoms with Crippen molar-refractivity contribution in [1.82, 2.24) is 29.7 Å². The van der Waals surface area contributed by atoms with E-state index in [9.17, 15) is 34.8 Å². The molecule has 6 aromatic rings. The molecule has 4 aromatic heterocycles. The van der Waals surface area contributed by atoms with Crippen LogP contribution in [-0.2, 0) is 30.2 Å². The molecule has 8 rings (SSSR count). The monoisotopic (exact) mass is 1010 g/mol. The topological polar surface area (TPSA) is 275 Å². The van der Waals surface area contributed by atoms with Crippen molar-refractivity contribution in [2.75, 3.05) is 101 Å². The quantitative estimate of drug-likeness (QED) is 0.0801. The first-order valence-corrected chi connectivity index (χ1v) is 27.7. The molecule has 69 heavy (non-hydrogen) atoms. The Morgan fingerprint density at radius 1 is 0.565 bits per heavy atom. The third-order valence-electron chi connectivity index (χ3n) is 10.5. The Morgan fingerprint density at radius 3 is 1.23 bits per heavy atom. The number of hydrogen-bond acceptors (Lipinski definition) is 14. The van der Waals surface area contributed by atoms with Crippen LogP contribution in [0.4, 0.5) is 34.4 Å². The lowest BCUT2D eigenvalue weighted by molar-refractivity contribution is 0.0734. The van der Waals surface area contributed by atoms with Gasteiger partial charge in [-0.2, -0.15) is 8.42 Å². The van der Waals surface area contributed by atoms with Gasteiger partial charge in [0, 0.05) is 110 Å². The van der Waals surface area contributed by atoms with Crippen molar-refractivity contribution in [3.8, 4) is 0 Å². The first-order chi connectivity index (χ1) is 32.4. The summed E-state index contributed by atoms with van der Waals surface area (Å²) in [6.07, 6.45) is 6.50. The molecule has 7 N–H and O–H groups in total. The summed E-state index contributed by atoms with van der Waals surface area (Å²) in [7, 11) is -10.4. The number of pyridine rings is 2. The number of carbonyl (C=O) groups is 2. The van der Waals surface area contributed by atoms with Crippen molar-refractivity contribution in [3.05, 3.63) is 96.6 Å². The molecule has 2 aliphatic rings.